The molecule has 332 valence electrons. The standard InChI is InChI=1S/C47H77N5O7/c1-15-30(6)43(50(11)46(57)35(28(2)3)25-39(54)42(29(4)5)51(12)47(8,9)10)40(58-13)26-41(55)52-22-18-21-37(52)44(59-14)31(7)38(53)24-32(45(48)56)23-33-27-49-36-20-17-16-19-34(33)36/h16-17,19-20,27-32,35,37,40,42-44,49H,15,18,21-26H2,1-14H3,(H2,48,56)/t30-,31-,32+,35-,37-,40+,42-,43-,44+/m0/s1. The van der Waals surface area contributed by atoms with Crippen molar-refractivity contribution in [2.24, 2.45) is 41.2 Å². The molecule has 0 unspecified atom stereocenters. The summed E-state index contributed by atoms with van der Waals surface area (Å²) < 4.78 is 12.1. The topological polar surface area (TPSA) is 155 Å². The molecule has 12 nitrogen and oxygen atoms in total. The Balaban J connectivity index is 1.79. The van der Waals surface area contributed by atoms with E-state index in [-0.39, 0.29) is 78.0 Å². The molecule has 12 heteroatoms. The first-order valence-electron chi connectivity index (χ1n) is 21.8. The lowest BCUT2D eigenvalue weighted by atomic mass is 9.83. The normalized spacial score (nSPS) is 19.1. The van der Waals surface area contributed by atoms with Crippen LogP contribution in [0.3, 0.4) is 0 Å². The number of rotatable bonds is 23. The second-order valence-electron chi connectivity index (χ2n) is 18.9. The zero-order valence-corrected chi connectivity index (χ0v) is 38.7. The van der Waals surface area contributed by atoms with Gasteiger partial charge in [0.2, 0.25) is 17.7 Å². The molecule has 1 aromatic carbocycles. The van der Waals surface area contributed by atoms with E-state index in [1.54, 1.807) is 33.1 Å². The summed E-state index contributed by atoms with van der Waals surface area (Å²) in [5.41, 5.74) is 7.50. The fourth-order valence-electron chi connectivity index (χ4n) is 9.27. The molecule has 0 aliphatic carbocycles. The van der Waals surface area contributed by atoms with E-state index in [0.29, 0.717) is 19.4 Å². The molecule has 1 aromatic heterocycles. The Morgan fingerprint density at radius 3 is 2.10 bits per heavy atom. The van der Waals surface area contributed by atoms with Gasteiger partial charge in [-0.2, -0.15) is 0 Å². The second-order valence-corrected chi connectivity index (χ2v) is 18.9. The highest BCUT2D eigenvalue weighted by molar-refractivity contribution is 5.91. The van der Waals surface area contributed by atoms with Gasteiger partial charge in [-0.05, 0) is 76.5 Å². The van der Waals surface area contributed by atoms with Crippen molar-refractivity contribution in [1.82, 2.24) is 19.7 Å². The number of nitrogens with one attached hydrogen (secondary N) is 1. The first-order valence-corrected chi connectivity index (χ1v) is 21.8. The molecule has 3 amide bonds. The van der Waals surface area contributed by atoms with E-state index in [0.717, 1.165) is 29.3 Å². The van der Waals surface area contributed by atoms with Crippen molar-refractivity contribution in [1.29, 1.82) is 0 Å². The van der Waals surface area contributed by atoms with E-state index in [1.165, 1.54) is 0 Å². The highest BCUT2D eigenvalue weighted by atomic mass is 16.5. The number of carbonyl (C=O) groups is 5. The Morgan fingerprint density at radius 1 is 0.915 bits per heavy atom. The van der Waals surface area contributed by atoms with Gasteiger partial charge in [-0.1, -0.05) is 73.1 Å². The van der Waals surface area contributed by atoms with Crippen LogP contribution in [0.4, 0.5) is 0 Å². The number of aromatic nitrogens is 1. The molecule has 1 fully saturated rings. The van der Waals surface area contributed by atoms with E-state index in [4.69, 9.17) is 15.2 Å². The predicted molar refractivity (Wildman–Crippen MR) is 235 cm³/mol. The van der Waals surface area contributed by atoms with Crippen LogP contribution in [-0.4, -0.2) is 120 Å². The molecule has 1 aliphatic heterocycles. The molecule has 0 bridgehead atoms. The lowest BCUT2D eigenvalue weighted by Gasteiger charge is -2.42. The van der Waals surface area contributed by atoms with Gasteiger partial charge in [0, 0.05) is 81.0 Å². The number of likely N-dealkylation sites (N-methyl/N-ethyl adjacent to an activating group) is 2. The minimum Gasteiger partial charge on any atom is -0.379 e. The third kappa shape index (κ3) is 12.3. The maximum atomic E-state index is 14.5. The molecule has 2 heterocycles. The van der Waals surface area contributed by atoms with Gasteiger partial charge in [0.1, 0.15) is 5.78 Å². The monoisotopic (exact) mass is 824 g/mol. The number of hydrogen-bond acceptors (Lipinski definition) is 8. The Morgan fingerprint density at radius 2 is 1.56 bits per heavy atom. The fourth-order valence-corrected chi connectivity index (χ4v) is 9.27. The van der Waals surface area contributed by atoms with Gasteiger partial charge in [-0.25, -0.2) is 0 Å². The summed E-state index contributed by atoms with van der Waals surface area (Å²) in [6, 6.07) is 6.69. The van der Waals surface area contributed by atoms with Crippen molar-refractivity contribution < 1.29 is 33.4 Å². The summed E-state index contributed by atoms with van der Waals surface area (Å²) in [6.07, 6.45) is 3.26. The molecule has 1 aliphatic rings. The van der Waals surface area contributed by atoms with E-state index >= 15 is 0 Å². The van der Waals surface area contributed by atoms with Crippen LogP contribution in [0.5, 0.6) is 0 Å². The van der Waals surface area contributed by atoms with Crippen LogP contribution in [0.15, 0.2) is 30.5 Å². The first kappa shape index (κ1) is 49.8. The largest absolute Gasteiger partial charge is 0.379 e. The summed E-state index contributed by atoms with van der Waals surface area (Å²) in [7, 11) is 6.90. The van der Waals surface area contributed by atoms with Gasteiger partial charge in [0.15, 0.2) is 5.78 Å². The Bertz CT molecular complexity index is 1720. The number of benzene rings is 1. The number of ketones is 2. The summed E-state index contributed by atoms with van der Waals surface area (Å²) in [5, 5.41) is 0.990. The van der Waals surface area contributed by atoms with Crippen molar-refractivity contribution in [2.75, 3.05) is 34.9 Å². The van der Waals surface area contributed by atoms with Gasteiger partial charge < -0.3 is 30.0 Å². The molecule has 3 N–H and O–H groups in total. The number of para-hydroxylation sites is 1. The maximum Gasteiger partial charge on any atom is 0.226 e. The van der Waals surface area contributed by atoms with Crippen LogP contribution in [0.1, 0.15) is 113 Å². The summed E-state index contributed by atoms with van der Waals surface area (Å²) >= 11 is 0. The maximum absolute atomic E-state index is 14.5. The number of primary amides is 1. The third-order valence-corrected chi connectivity index (χ3v) is 13.3. The Hall–Kier alpha value is -3.61. The van der Waals surface area contributed by atoms with Crippen LogP contribution in [0, 0.1) is 35.5 Å². The van der Waals surface area contributed by atoms with E-state index in [2.05, 4.69) is 44.5 Å². The molecule has 0 spiro atoms. The number of methoxy groups -OCH3 is 2. The number of nitrogens with zero attached hydrogens (tertiary/aromatic N) is 3. The number of amides is 3. The highest BCUT2D eigenvalue weighted by Gasteiger charge is 2.44. The molecule has 3 rings (SSSR count). The van der Waals surface area contributed by atoms with Gasteiger partial charge in [0.05, 0.1) is 36.8 Å². The van der Waals surface area contributed by atoms with Crippen molar-refractivity contribution in [3.63, 3.8) is 0 Å². The smallest absolute Gasteiger partial charge is 0.226 e. The number of nitrogens with two attached hydrogens (primary N) is 1. The molecule has 9 atom stereocenters. The zero-order chi connectivity index (χ0) is 44.5. The second kappa shape index (κ2) is 21.8. The quantitative estimate of drug-likeness (QED) is 0.126. The Kier molecular flexibility index (Phi) is 18.4. The Labute approximate surface area is 354 Å². The lowest BCUT2D eigenvalue weighted by molar-refractivity contribution is -0.149. The number of hydrogen-bond donors (Lipinski definition) is 2. The molecule has 0 radical (unpaired) electrons. The van der Waals surface area contributed by atoms with E-state index in [9.17, 15) is 24.0 Å². The SMILES string of the molecule is CC[C@H](C)[C@@H]([C@@H](CC(=O)N1CCC[C@H]1[C@H](OC)[C@@H](C)C(=O)C[C@@H](Cc1c[nH]c2ccccc12)C(N)=O)OC)N(C)C(=O)[C@@H](CC(=O)[C@H](C(C)C)N(C)C(C)(C)C)C(C)C. The number of Topliss-reactive ketones (excluding diaryl/α,β-unsaturated/α-hetero) is 2. The van der Waals surface area contributed by atoms with Crippen LogP contribution in [-0.2, 0) is 39.9 Å². The van der Waals surface area contributed by atoms with Gasteiger partial charge in [-0.3, -0.25) is 28.9 Å². The minimum atomic E-state index is -0.697. The van der Waals surface area contributed by atoms with E-state index in [1.807, 2.05) is 70.1 Å². The number of carbonyl (C=O) groups excluding carboxylic acids is 5. The van der Waals surface area contributed by atoms with Gasteiger partial charge >= 0.3 is 0 Å². The number of H-pyrrole nitrogens is 1. The molecule has 2 aromatic rings. The fraction of sp³-hybridized carbons (Fsp3) is 0.723. The third-order valence-electron chi connectivity index (χ3n) is 13.3. The van der Waals surface area contributed by atoms with E-state index < -0.39 is 41.9 Å². The highest BCUT2D eigenvalue weighted by Crippen LogP contribution is 2.33. The summed E-state index contributed by atoms with van der Waals surface area (Å²) in [6.45, 7) is 20.8. The summed E-state index contributed by atoms with van der Waals surface area (Å²) in [5.74, 6) is -2.76. The number of ether oxygens (including phenoxy) is 2. The van der Waals surface area contributed by atoms with Crippen LogP contribution in [0.25, 0.3) is 10.9 Å². The number of likely N-dealkylation sites (tertiary alicyclic amines) is 1. The van der Waals surface area contributed by atoms with Gasteiger partial charge in [0.25, 0.3) is 0 Å². The van der Waals surface area contributed by atoms with Crippen molar-refractivity contribution >= 4 is 40.2 Å². The number of fused-ring (bicyclic) bond motifs is 1. The molecule has 59 heavy (non-hydrogen) atoms. The van der Waals surface area contributed by atoms with Crippen molar-refractivity contribution in [2.45, 2.75) is 150 Å². The average Bonchev–Trinajstić information content (AvgIpc) is 3.83. The van der Waals surface area contributed by atoms with Crippen molar-refractivity contribution in [3.8, 4) is 0 Å². The summed E-state index contributed by atoms with van der Waals surface area (Å²) in [4.78, 5) is 78.3. The minimum absolute atomic E-state index is 0.0122. The van der Waals surface area contributed by atoms with Crippen LogP contribution >= 0.6 is 0 Å². The molecule has 1 saturated heterocycles. The van der Waals surface area contributed by atoms with Crippen LogP contribution in [0.2, 0.25) is 0 Å². The van der Waals surface area contributed by atoms with Crippen LogP contribution < -0.4 is 5.73 Å². The molecular weight excluding hydrogens is 747 g/mol. The molecular formula is C47H77N5O7. The first-order chi connectivity index (χ1) is 27.6. The molecule has 0 saturated carbocycles. The predicted octanol–water partition coefficient (Wildman–Crippen LogP) is 6.68. The lowest BCUT2D eigenvalue weighted by Crippen LogP contribution is -2.55. The van der Waals surface area contributed by atoms with Crippen molar-refractivity contribution in [3.05, 3.63) is 36.0 Å². The average molecular weight is 824 g/mol. The zero-order valence-electron chi connectivity index (χ0n) is 38.7. The number of aromatic amines is 1. The van der Waals surface area contributed by atoms with Gasteiger partial charge in [-0.15, -0.1) is 0 Å².